The Bertz CT molecular complexity index is 626. The van der Waals surface area contributed by atoms with Crippen molar-refractivity contribution < 1.29 is 15.0 Å². The van der Waals surface area contributed by atoms with Gasteiger partial charge in [-0.25, -0.2) is 0 Å². The van der Waals surface area contributed by atoms with Crippen molar-refractivity contribution in [1.82, 2.24) is 0 Å². The number of benzene rings is 1. The minimum absolute atomic E-state index is 0.370. The van der Waals surface area contributed by atoms with Crippen molar-refractivity contribution in [2.75, 3.05) is 0 Å². The molecule has 2 N–H and O–H groups in total. The zero-order chi connectivity index (χ0) is 18.6. The summed E-state index contributed by atoms with van der Waals surface area (Å²) in [6, 6.07) is 5.82. The minimum atomic E-state index is -0.599. The number of carboxylic acids is 1. The molecule has 2 aliphatic rings. The molecule has 1 aromatic rings. The molecule has 2 aliphatic carbocycles. The number of aliphatic carboxylic acids is 1. The van der Waals surface area contributed by atoms with Gasteiger partial charge in [0.2, 0.25) is 0 Å². The molecule has 26 heavy (non-hydrogen) atoms. The van der Waals surface area contributed by atoms with Gasteiger partial charge in [0.1, 0.15) is 5.75 Å². The number of carbonyl (C=O) groups is 1. The van der Waals surface area contributed by atoms with Crippen molar-refractivity contribution in [3.05, 3.63) is 29.3 Å². The summed E-state index contributed by atoms with van der Waals surface area (Å²) in [4.78, 5) is 11.2. The quantitative estimate of drug-likeness (QED) is 0.459. The number of hydrogen-bond donors (Lipinski definition) is 2. The Balaban J connectivity index is 1.39. The van der Waals surface area contributed by atoms with Crippen molar-refractivity contribution in [3.63, 3.8) is 0 Å². The van der Waals surface area contributed by atoms with Gasteiger partial charge in [-0.05, 0) is 92.9 Å². The molecule has 0 unspecified atom stereocenters. The van der Waals surface area contributed by atoms with Crippen LogP contribution >= 0.6 is 0 Å². The number of phenols is 1. The first-order valence-electron chi connectivity index (χ1n) is 10.5. The standard InChI is InChI=1S/C23H34O3/c1-22(13-14-22)11-6-4-8-19-17-20(24)10-9-18(19)7-3-2-5-12-23(15-16-23)21(25)26/h9-10,17,24H,2-8,11-16H2,1H3,(H,25,26). The van der Waals surface area contributed by atoms with Gasteiger partial charge in [-0.3, -0.25) is 4.79 Å². The first kappa shape index (κ1) is 19.3. The number of aryl methyl sites for hydroxylation is 2. The second-order valence-corrected chi connectivity index (χ2v) is 9.12. The van der Waals surface area contributed by atoms with Crippen molar-refractivity contribution in [1.29, 1.82) is 0 Å². The fourth-order valence-electron chi connectivity index (χ4n) is 4.10. The van der Waals surface area contributed by atoms with Crippen LogP contribution in [0.5, 0.6) is 5.75 Å². The van der Waals surface area contributed by atoms with Crippen molar-refractivity contribution >= 4 is 5.97 Å². The van der Waals surface area contributed by atoms with Crippen LogP contribution in [0, 0.1) is 10.8 Å². The SMILES string of the molecule is CC1(CCCCc2cc(O)ccc2CCCCCC2(C(=O)O)CC2)CC1. The molecule has 0 amide bonds. The van der Waals surface area contributed by atoms with Gasteiger partial charge >= 0.3 is 5.97 Å². The van der Waals surface area contributed by atoms with Crippen LogP contribution < -0.4 is 0 Å². The van der Waals surface area contributed by atoms with Gasteiger partial charge in [-0.15, -0.1) is 0 Å². The topological polar surface area (TPSA) is 57.5 Å². The first-order chi connectivity index (χ1) is 12.4. The summed E-state index contributed by atoms with van der Waals surface area (Å²) < 4.78 is 0. The highest BCUT2D eigenvalue weighted by molar-refractivity contribution is 5.77. The van der Waals surface area contributed by atoms with E-state index in [2.05, 4.69) is 13.0 Å². The van der Waals surface area contributed by atoms with Gasteiger partial charge in [0.15, 0.2) is 0 Å². The second kappa shape index (κ2) is 8.02. The lowest BCUT2D eigenvalue weighted by molar-refractivity contribution is -0.143. The van der Waals surface area contributed by atoms with E-state index in [-0.39, 0.29) is 5.41 Å². The summed E-state index contributed by atoms with van der Waals surface area (Å²) in [6.07, 6.45) is 14.5. The van der Waals surface area contributed by atoms with E-state index in [1.54, 1.807) is 6.07 Å². The van der Waals surface area contributed by atoms with Gasteiger partial charge in [0, 0.05) is 0 Å². The van der Waals surface area contributed by atoms with Crippen LogP contribution in [0.15, 0.2) is 18.2 Å². The van der Waals surface area contributed by atoms with Crippen LogP contribution in [0.1, 0.15) is 88.7 Å². The molecule has 1 aromatic carbocycles. The summed E-state index contributed by atoms with van der Waals surface area (Å²) in [5.74, 6) is -0.228. The van der Waals surface area contributed by atoms with E-state index < -0.39 is 5.97 Å². The van der Waals surface area contributed by atoms with E-state index in [1.165, 1.54) is 43.2 Å². The lowest BCUT2D eigenvalue weighted by Crippen LogP contribution is -2.14. The maximum atomic E-state index is 11.2. The second-order valence-electron chi connectivity index (χ2n) is 9.12. The normalized spacial score (nSPS) is 19.3. The van der Waals surface area contributed by atoms with Gasteiger partial charge in [-0.1, -0.05) is 32.3 Å². The third kappa shape index (κ3) is 5.25. The third-order valence-corrected chi connectivity index (χ3v) is 6.68. The molecule has 0 heterocycles. The van der Waals surface area contributed by atoms with Crippen molar-refractivity contribution in [2.45, 2.75) is 90.4 Å². The zero-order valence-electron chi connectivity index (χ0n) is 16.2. The predicted molar refractivity (Wildman–Crippen MR) is 104 cm³/mol. The number of unbranched alkanes of at least 4 members (excludes halogenated alkanes) is 3. The highest BCUT2D eigenvalue weighted by Gasteiger charge is 2.49. The molecule has 3 nitrogen and oxygen atoms in total. The average Bonchev–Trinajstić information content (AvgIpc) is 3.51. The van der Waals surface area contributed by atoms with Crippen LogP contribution in [-0.2, 0) is 17.6 Å². The van der Waals surface area contributed by atoms with E-state index in [0.717, 1.165) is 51.4 Å². The molecule has 2 fully saturated rings. The molecule has 3 heteroatoms. The molecule has 0 aromatic heterocycles. The average molecular weight is 359 g/mol. The van der Waals surface area contributed by atoms with Gasteiger partial charge in [-0.2, -0.15) is 0 Å². The number of hydrogen-bond acceptors (Lipinski definition) is 2. The molecule has 0 aliphatic heterocycles. The summed E-state index contributed by atoms with van der Waals surface area (Å²) in [5.41, 5.74) is 2.92. The number of carboxylic acid groups (broad SMARTS) is 1. The van der Waals surface area contributed by atoms with Crippen LogP contribution in [-0.4, -0.2) is 16.2 Å². The third-order valence-electron chi connectivity index (χ3n) is 6.68. The van der Waals surface area contributed by atoms with E-state index in [9.17, 15) is 15.0 Å². The minimum Gasteiger partial charge on any atom is -0.508 e. The molecular formula is C23H34O3. The smallest absolute Gasteiger partial charge is 0.309 e. The monoisotopic (exact) mass is 358 g/mol. The lowest BCUT2D eigenvalue weighted by Gasteiger charge is -2.12. The molecular weight excluding hydrogens is 324 g/mol. The molecule has 2 saturated carbocycles. The Morgan fingerprint density at radius 2 is 1.58 bits per heavy atom. The number of phenolic OH excluding ortho intramolecular Hbond substituents is 1. The van der Waals surface area contributed by atoms with Crippen molar-refractivity contribution in [3.8, 4) is 5.75 Å². The maximum Gasteiger partial charge on any atom is 0.309 e. The molecule has 0 atom stereocenters. The number of rotatable bonds is 12. The molecule has 0 saturated heterocycles. The van der Waals surface area contributed by atoms with Crippen LogP contribution in [0.2, 0.25) is 0 Å². The van der Waals surface area contributed by atoms with Crippen LogP contribution in [0.25, 0.3) is 0 Å². The Labute approximate surface area is 157 Å². The molecule has 3 rings (SSSR count). The fraction of sp³-hybridized carbons (Fsp3) is 0.696. The summed E-state index contributed by atoms with van der Waals surface area (Å²) in [5, 5.41) is 19.1. The number of aromatic hydroxyl groups is 1. The van der Waals surface area contributed by atoms with Gasteiger partial charge in [0.05, 0.1) is 5.41 Å². The fourth-order valence-corrected chi connectivity index (χ4v) is 4.10. The Kier molecular flexibility index (Phi) is 5.94. The van der Waals surface area contributed by atoms with E-state index in [0.29, 0.717) is 11.2 Å². The van der Waals surface area contributed by atoms with E-state index in [4.69, 9.17) is 0 Å². The largest absolute Gasteiger partial charge is 0.508 e. The molecule has 0 spiro atoms. The van der Waals surface area contributed by atoms with Gasteiger partial charge < -0.3 is 10.2 Å². The van der Waals surface area contributed by atoms with Gasteiger partial charge in [0.25, 0.3) is 0 Å². The zero-order valence-corrected chi connectivity index (χ0v) is 16.2. The maximum absolute atomic E-state index is 11.2. The Morgan fingerprint density at radius 3 is 2.23 bits per heavy atom. The predicted octanol–water partition coefficient (Wildman–Crippen LogP) is 5.87. The Hall–Kier alpha value is -1.51. The highest BCUT2D eigenvalue weighted by Crippen LogP contribution is 2.50. The first-order valence-corrected chi connectivity index (χ1v) is 10.5. The van der Waals surface area contributed by atoms with E-state index >= 15 is 0 Å². The molecule has 0 bridgehead atoms. The summed E-state index contributed by atoms with van der Waals surface area (Å²) >= 11 is 0. The Morgan fingerprint density at radius 1 is 0.923 bits per heavy atom. The van der Waals surface area contributed by atoms with Crippen LogP contribution in [0.3, 0.4) is 0 Å². The van der Waals surface area contributed by atoms with Crippen molar-refractivity contribution in [2.24, 2.45) is 10.8 Å². The molecule has 0 radical (unpaired) electrons. The highest BCUT2D eigenvalue weighted by atomic mass is 16.4. The summed E-state index contributed by atoms with van der Waals surface area (Å²) in [6.45, 7) is 2.39. The summed E-state index contributed by atoms with van der Waals surface area (Å²) in [7, 11) is 0. The molecule has 144 valence electrons. The van der Waals surface area contributed by atoms with Crippen LogP contribution in [0.4, 0.5) is 0 Å². The van der Waals surface area contributed by atoms with E-state index in [1.807, 2.05) is 6.07 Å². The lowest BCUT2D eigenvalue weighted by atomic mass is 9.93.